The smallest absolute Gasteiger partial charge is 0.321 e. The minimum atomic E-state index is -0.693. The average Bonchev–Trinajstić information content (AvgIpc) is 2.53. The van der Waals surface area contributed by atoms with Crippen LogP contribution in [0.3, 0.4) is 0 Å². The molecule has 1 atom stereocenters. The van der Waals surface area contributed by atoms with Crippen LogP contribution in [0, 0.1) is 6.92 Å². The lowest BCUT2D eigenvalue weighted by Crippen LogP contribution is -2.37. The fraction of sp³-hybridized carbons (Fsp3) is 0.278. The second-order valence-corrected chi connectivity index (χ2v) is 5.26. The summed E-state index contributed by atoms with van der Waals surface area (Å²) < 4.78 is 0. The van der Waals surface area contributed by atoms with E-state index in [1.807, 2.05) is 68.4 Å². The number of aryl methyl sites for hydroxylation is 1. The summed E-state index contributed by atoms with van der Waals surface area (Å²) in [7, 11) is 0. The summed E-state index contributed by atoms with van der Waals surface area (Å²) in [5.41, 5.74) is 2.71. The van der Waals surface area contributed by atoms with Crippen molar-refractivity contribution in [2.75, 3.05) is 18.4 Å². The Bertz CT molecular complexity index is 596. The third-order valence-corrected chi connectivity index (χ3v) is 3.55. The third-order valence-electron chi connectivity index (χ3n) is 3.55. The number of anilines is 1. The Labute approximate surface area is 131 Å². The van der Waals surface area contributed by atoms with Crippen LogP contribution in [0.5, 0.6) is 0 Å². The molecule has 116 valence electrons. The fourth-order valence-electron chi connectivity index (χ4n) is 2.18. The van der Waals surface area contributed by atoms with Gasteiger partial charge in [-0.25, -0.2) is 4.79 Å². The maximum atomic E-state index is 12.3. The molecule has 2 aromatic rings. The molecule has 2 N–H and O–H groups in total. The van der Waals surface area contributed by atoms with Gasteiger partial charge in [0, 0.05) is 12.2 Å². The van der Waals surface area contributed by atoms with Gasteiger partial charge in [-0.15, -0.1) is 0 Å². The van der Waals surface area contributed by atoms with Crippen LogP contribution in [-0.4, -0.2) is 29.1 Å². The number of amides is 2. The van der Waals surface area contributed by atoms with Gasteiger partial charge in [0.1, 0.15) is 0 Å². The molecule has 0 aromatic heterocycles. The Balaban J connectivity index is 1.99. The van der Waals surface area contributed by atoms with E-state index in [2.05, 4.69) is 5.32 Å². The molecule has 0 fully saturated rings. The van der Waals surface area contributed by atoms with E-state index in [9.17, 15) is 9.90 Å². The lowest BCUT2D eigenvalue weighted by Gasteiger charge is -2.24. The van der Waals surface area contributed by atoms with Crippen LogP contribution in [0.25, 0.3) is 0 Å². The lowest BCUT2D eigenvalue weighted by molar-refractivity contribution is 0.128. The van der Waals surface area contributed by atoms with E-state index in [4.69, 9.17) is 0 Å². The number of benzene rings is 2. The molecule has 0 saturated heterocycles. The van der Waals surface area contributed by atoms with E-state index in [1.165, 1.54) is 0 Å². The summed E-state index contributed by atoms with van der Waals surface area (Å²) in [5, 5.41) is 13.1. The second-order valence-electron chi connectivity index (χ2n) is 5.26. The van der Waals surface area contributed by atoms with Crippen molar-refractivity contribution in [2.45, 2.75) is 20.0 Å². The number of aliphatic hydroxyl groups is 1. The van der Waals surface area contributed by atoms with Gasteiger partial charge in [-0.2, -0.15) is 0 Å². The monoisotopic (exact) mass is 298 g/mol. The standard InChI is InChI=1S/C18H22N2O2/c1-3-20(18(22)19-16-7-5-4-6-8-16)13-17(21)15-11-9-14(2)10-12-15/h4-12,17,21H,3,13H2,1-2H3,(H,19,22). The molecule has 2 amide bonds. The Hall–Kier alpha value is -2.33. The summed E-state index contributed by atoms with van der Waals surface area (Å²) in [4.78, 5) is 13.9. The summed E-state index contributed by atoms with van der Waals surface area (Å²) in [6, 6.07) is 16.8. The number of nitrogens with one attached hydrogen (secondary N) is 1. The second kappa shape index (κ2) is 7.61. The molecule has 0 aliphatic heterocycles. The number of nitrogens with zero attached hydrogens (tertiary/aromatic N) is 1. The zero-order chi connectivity index (χ0) is 15.9. The third kappa shape index (κ3) is 4.33. The van der Waals surface area contributed by atoms with Crippen LogP contribution >= 0.6 is 0 Å². The van der Waals surface area contributed by atoms with Gasteiger partial charge < -0.3 is 15.3 Å². The molecular formula is C18H22N2O2. The van der Waals surface area contributed by atoms with Crippen molar-refractivity contribution >= 4 is 11.7 Å². The number of hydrogen-bond acceptors (Lipinski definition) is 2. The summed E-state index contributed by atoms with van der Waals surface area (Å²) in [6.07, 6.45) is -0.693. The highest BCUT2D eigenvalue weighted by Crippen LogP contribution is 2.16. The Kier molecular flexibility index (Phi) is 5.55. The minimum Gasteiger partial charge on any atom is -0.387 e. The maximum Gasteiger partial charge on any atom is 0.321 e. The highest BCUT2D eigenvalue weighted by atomic mass is 16.3. The Morgan fingerprint density at radius 3 is 2.36 bits per heavy atom. The first-order chi connectivity index (χ1) is 10.6. The van der Waals surface area contributed by atoms with Crippen LogP contribution in [-0.2, 0) is 0 Å². The van der Waals surface area contributed by atoms with Crippen LogP contribution in [0.4, 0.5) is 10.5 Å². The Morgan fingerprint density at radius 2 is 1.77 bits per heavy atom. The summed E-state index contributed by atoms with van der Waals surface area (Å²) >= 11 is 0. The molecule has 22 heavy (non-hydrogen) atoms. The van der Waals surface area contributed by atoms with Gasteiger partial charge in [0.25, 0.3) is 0 Å². The zero-order valence-corrected chi connectivity index (χ0v) is 13.0. The predicted octanol–water partition coefficient (Wildman–Crippen LogP) is 3.58. The lowest BCUT2D eigenvalue weighted by atomic mass is 10.1. The van der Waals surface area contributed by atoms with Crippen molar-refractivity contribution in [3.63, 3.8) is 0 Å². The first kappa shape index (κ1) is 16.0. The molecule has 2 aromatic carbocycles. The van der Waals surface area contributed by atoms with Crippen LogP contribution in [0.15, 0.2) is 54.6 Å². The van der Waals surface area contributed by atoms with Crippen LogP contribution < -0.4 is 5.32 Å². The molecule has 4 nitrogen and oxygen atoms in total. The number of urea groups is 1. The van der Waals surface area contributed by atoms with Gasteiger partial charge in [-0.3, -0.25) is 0 Å². The summed E-state index contributed by atoms with van der Waals surface area (Å²) in [6.45, 7) is 4.69. The minimum absolute atomic E-state index is 0.208. The van der Waals surface area contributed by atoms with Crippen LogP contribution in [0.1, 0.15) is 24.2 Å². The van der Waals surface area contributed by atoms with Gasteiger partial charge in [-0.05, 0) is 31.5 Å². The van der Waals surface area contributed by atoms with E-state index in [0.717, 1.165) is 16.8 Å². The molecule has 1 unspecified atom stereocenters. The predicted molar refractivity (Wildman–Crippen MR) is 88.8 cm³/mol. The molecule has 0 aliphatic rings. The molecular weight excluding hydrogens is 276 g/mol. The van der Waals surface area contributed by atoms with Crippen molar-refractivity contribution in [1.82, 2.24) is 4.90 Å². The molecule has 0 saturated carbocycles. The quantitative estimate of drug-likeness (QED) is 0.886. The zero-order valence-electron chi connectivity index (χ0n) is 13.0. The molecule has 0 heterocycles. The first-order valence-corrected chi connectivity index (χ1v) is 7.45. The van der Waals surface area contributed by atoms with Gasteiger partial charge in [0.15, 0.2) is 0 Å². The normalized spacial score (nSPS) is 11.8. The van der Waals surface area contributed by atoms with Gasteiger partial charge in [-0.1, -0.05) is 48.0 Å². The highest BCUT2D eigenvalue weighted by Gasteiger charge is 2.17. The Morgan fingerprint density at radius 1 is 1.14 bits per heavy atom. The number of likely N-dealkylation sites (N-methyl/N-ethyl adjacent to an activating group) is 1. The number of aliphatic hydroxyl groups excluding tert-OH is 1. The van der Waals surface area contributed by atoms with E-state index in [-0.39, 0.29) is 12.6 Å². The van der Waals surface area contributed by atoms with E-state index >= 15 is 0 Å². The fourth-order valence-corrected chi connectivity index (χ4v) is 2.18. The number of hydrogen-bond donors (Lipinski definition) is 2. The SMILES string of the molecule is CCN(CC(O)c1ccc(C)cc1)C(=O)Nc1ccccc1. The number of para-hydroxylation sites is 1. The van der Waals surface area contributed by atoms with Crippen LogP contribution in [0.2, 0.25) is 0 Å². The van der Waals surface area contributed by atoms with Gasteiger partial charge in [0.2, 0.25) is 0 Å². The number of carbonyl (C=O) groups excluding carboxylic acids is 1. The molecule has 4 heteroatoms. The van der Waals surface area contributed by atoms with Crippen molar-refractivity contribution in [3.05, 3.63) is 65.7 Å². The molecule has 0 spiro atoms. The number of carbonyl (C=O) groups is 1. The first-order valence-electron chi connectivity index (χ1n) is 7.45. The molecule has 0 aliphatic carbocycles. The number of rotatable bonds is 5. The molecule has 2 rings (SSSR count). The molecule has 0 radical (unpaired) electrons. The molecule has 0 bridgehead atoms. The van der Waals surface area contributed by atoms with Crippen molar-refractivity contribution < 1.29 is 9.90 Å². The van der Waals surface area contributed by atoms with E-state index in [1.54, 1.807) is 4.90 Å². The van der Waals surface area contributed by atoms with Crippen molar-refractivity contribution in [1.29, 1.82) is 0 Å². The highest BCUT2D eigenvalue weighted by molar-refractivity contribution is 5.89. The van der Waals surface area contributed by atoms with Gasteiger partial charge >= 0.3 is 6.03 Å². The van der Waals surface area contributed by atoms with Crippen molar-refractivity contribution in [2.24, 2.45) is 0 Å². The summed E-state index contributed by atoms with van der Waals surface area (Å²) in [5.74, 6) is 0. The van der Waals surface area contributed by atoms with E-state index in [0.29, 0.717) is 6.54 Å². The average molecular weight is 298 g/mol. The topological polar surface area (TPSA) is 52.6 Å². The maximum absolute atomic E-state index is 12.3. The van der Waals surface area contributed by atoms with Gasteiger partial charge in [0.05, 0.1) is 12.6 Å². The van der Waals surface area contributed by atoms with Crippen molar-refractivity contribution in [3.8, 4) is 0 Å². The largest absolute Gasteiger partial charge is 0.387 e. The van der Waals surface area contributed by atoms with E-state index < -0.39 is 6.10 Å².